The van der Waals surface area contributed by atoms with Crippen molar-refractivity contribution < 1.29 is 29.0 Å². The van der Waals surface area contributed by atoms with Gasteiger partial charge in [0.05, 0.1) is 24.7 Å². The zero-order valence-electron chi connectivity index (χ0n) is 19.0. The Morgan fingerprint density at radius 2 is 1.71 bits per heavy atom. The molecule has 2 atom stereocenters. The van der Waals surface area contributed by atoms with Crippen LogP contribution in [0.4, 0.5) is 4.79 Å². The highest BCUT2D eigenvalue weighted by Gasteiger charge is 2.49. The van der Waals surface area contributed by atoms with Gasteiger partial charge in [0.25, 0.3) is 0 Å². The van der Waals surface area contributed by atoms with Gasteiger partial charge in [-0.25, -0.2) is 9.59 Å². The van der Waals surface area contributed by atoms with E-state index >= 15 is 0 Å². The number of aliphatic carboxylic acids is 1. The first kappa shape index (κ1) is 22.4. The van der Waals surface area contributed by atoms with Gasteiger partial charge in [-0.3, -0.25) is 4.79 Å². The lowest BCUT2D eigenvalue weighted by atomic mass is 9.98. The zero-order valence-corrected chi connectivity index (χ0v) is 19.0. The topological polar surface area (TPSA) is 105 Å². The number of ether oxygens (including phenoxy) is 2. The van der Waals surface area contributed by atoms with Crippen LogP contribution in [0.2, 0.25) is 0 Å². The van der Waals surface area contributed by atoms with Crippen molar-refractivity contribution in [3.63, 3.8) is 0 Å². The number of nitrogens with one attached hydrogen (secondary N) is 1. The molecule has 1 heterocycles. The SMILES string of the molecule is CC1OCCN(C(=O)CC2(NC(=O)OCC3c4ccccc4-c4ccccc43)CC2)C1C(=O)O. The molecule has 2 aromatic rings. The van der Waals surface area contributed by atoms with Crippen molar-refractivity contribution in [3.8, 4) is 11.1 Å². The number of fused-ring (bicyclic) bond motifs is 3. The van der Waals surface area contributed by atoms with Crippen LogP contribution < -0.4 is 5.32 Å². The number of morpholine rings is 1. The molecule has 1 saturated heterocycles. The third-order valence-corrected chi connectivity index (χ3v) is 7.12. The molecule has 3 aliphatic rings. The normalized spacial score (nSPS) is 22.4. The number of carbonyl (C=O) groups is 3. The summed E-state index contributed by atoms with van der Waals surface area (Å²) in [5, 5.41) is 12.4. The highest BCUT2D eigenvalue weighted by atomic mass is 16.5. The summed E-state index contributed by atoms with van der Waals surface area (Å²) in [7, 11) is 0. The van der Waals surface area contributed by atoms with E-state index in [9.17, 15) is 19.5 Å². The van der Waals surface area contributed by atoms with E-state index in [0.717, 1.165) is 22.3 Å². The highest BCUT2D eigenvalue weighted by molar-refractivity contribution is 5.86. The molecule has 0 spiro atoms. The number of benzene rings is 2. The number of nitrogens with zero attached hydrogens (tertiary/aromatic N) is 1. The number of carboxylic acids is 1. The van der Waals surface area contributed by atoms with Gasteiger partial charge in [0.2, 0.25) is 5.91 Å². The first-order valence-electron chi connectivity index (χ1n) is 11.7. The van der Waals surface area contributed by atoms with Crippen LogP contribution in [0.5, 0.6) is 0 Å². The number of carbonyl (C=O) groups excluding carboxylic acids is 2. The Hall–Kier alpha value is -3.39. The van der Waals surface area contributed by atoms with Crippen LogP contribution >= 0.6 is 0 Å². The van der Waals surface area contributed by atoms with Gasteiger partial charge in [-0.05, 0) is 42.0 Å². The quantitative estimate of drug-likeness (QED) is 0.681. The summed E-state index contributed by atoms with van der Waals surface area (Å²) in [6.07, 6.45) is 0.215. The molecule has 1 saturated carbocycles. The van der Waals surface area contributed by atoms with E-state index in [1.165, 1.54) is 4.90 Å². The Kier molecular flexibility index (Phi) is 5.77. The number of hydrogen-bond acceptors (Lipinski definition) is 5. The third kappa shape index (κ3) is 4.14. The first-order valence-corrected chi connectivity index (χ1v) is 11.7. The fourth-order valence-electron chi connectivity index (χ4n) is 5.17. The summed E-state index contributed by atoms with van der Waals surface area (Å²) in [5.74, 6) is -1.42. The molecular weight excluding hydrogens is 436 g/mol. The minimum absolute atomic E-state index is 0.0407. The lowest BCUT2D eigenvalue weighted by Gasteiger charge is -2.38. The van der Waals surface area contributed by atoms with E-state index in [1.807, 2.05) is 24.3 Å². The molecule has 2 fully saturated rings. The van der Waals surface area contributed by atoms with Crippen LogP contribution in [0.1, 0.15) is 43.2 Å². The largest absolute Gasteiger partial charge is 0.480 e. The molecular formula is C26H28N2O6. The predicted molar refractivity (Wildman–Crippen MR) is 123 cm³/mol. The van der Waals surface area contributed by atoms with Crippen molar-refractivity contribution in [2.45, 2.75) is 49.8 Å². The van der Waals surface area contributed by atoms with Gasteiger partial charge in [-0.15, -0.1) is 0 Å². The minimum atomic E-state index is -1.09. The maximum absolute atomic E-state index is 13.0. The van der Waals surface area contributed by atoms with Crippen molar-refractivity contribution in [2.24, 2.45) is 0 Å². The second-order valence-electron chi connectivity index (χ2n) is 9.35. The fraction of sp³-hybridized carbons (Fsp3) is 0.423. The van der Waals surface area contributed by atoms with E-state index in [-0.39, 0.29) is 31.4 Å². The molecule has 2 amide bonds. The van der Waals surface area contributed by atoms with Gasteiger partial charge in [0, 0.05) is 12.5 Å². The van der Waals surface area contributed by atoms with Crippen molar-refractivity contribution in [1.29, 1.82) is 0 Å². The summed E-state index contributed by atoms with van der Waals surface area (Å²) >= 11 is 0. The van der Waals surface area contributed by atoms with Gasteiger partial charge < -0.3 is 24.8 Å². The Labute approximate surface area is 197 Å². The van der Waals surface area contributed by atoms with Crippen LogP contribution in [0, 0.1) is 0 Å². The van der Waals surface area contributed by atoms with Crippen molar-refractivity contribution in [1.82, 2.24) is 10.2 Å². The summed E-state index contributed by atoms with van der Waals surface area (Å²) in [6, 6.07) is 15.2. The van der Waals surface area contributed by atoms with E-state index in [1.54, 1.807) is 6.92 Å². The molecule has 34 heavy (non-hydrogen) atoms. The van der Waals surface area contributed by atoms with Crippen LogP contribution in [0.25, 0.3) is 11.1 Å². The lowest BCUT2D eigenvalue weighted by molar-refractivity contribution is -0.165. The molecule has 2 unspecified atom stereocenters. The number of alkyl carbamates (subject to hydrolysis) is 1. The lowest BCUT2D eigenvalue weighted by Crippen LogP contribution is -2.57. The van der Waals surface area contributed by atoms with E-state index in [0.29, 0.717) is 19.4 Å². The molecule has 2 aromatic carbocycles. The standard InChI is InChI=1S/C26H28N2O6/c1-16-23(24(30)31)28(12-13-33-16)22(29)14-26(10-11-26)27-25(32)34-15-21-19-8-4-2-6-17(19)18-7-3-5-9-20(18)21/h2-9,16,21,23H,10-15H2,1H3,(H,27,32)(H,30,31). The second kappa shape index (κ2) is 8.76. The average molecular weight is 465 g/mol. The van der Waals surface area contributed by atoms with Gasteiger partial charge in [0.1, 0.15) is 6.61 Å². The Bertz CT molecular complexity index is 1080. The molecule has 2 aliphatic carbocycles. The van der Waals surface area contributed by atoms with Gasteiger partial charge in [-0.2, -0.15) is 0 Å². The van der Waals surface area contributed by atoms with Crippen LogP contribution in [-0.4, -0.2) is 65.4 Å². The van der Waals surface area contributed by atoms with Gasteiger partial charge in [0.15, 0.2) is 6.04 Å². The Morgan fingerprint density at radius 3 is 2.29 bits per heavy atom. The average Bonchev–Trinajstić information content (AvgIpc) is 3.49. The van der Waals surface area contributed by atoms with E-state index < -0.39 is 29.7 Å². The molecule has 8 heteroatoms. The number of carboxylic acid groups (broad SMARTS) is 1. The Balaban J connectivity index is 1.21. The predicted octanol–water partition coefficient (Wildman–Crippen LogP) is 3.15. The summed E-state index contributed by atoms with van der Waals surface area (Å²) in [5.41, 5.74) is 3.90. The molecule has 178 valence electrons. The monoisotopic (exact) mass is 464 g/mol. The van der Waals surface area contributed by atoms with Gasteiger partial charge in [-0.1, -0.05) is 48.5 Å². The summed E-state index contributed by atoms with van der Waals surface area (Å²) in [6.45, 7) is 2.37. The number of rotatable bonds is 6. The fourth-order valence-corrected chi connectivity index (χ4v) is 5.17. The summed E-state index contributed by atoms with van der Waals surface area (Å²) in [4.78, 5) is 38.7. The Morgan fingerprint density at radius 1 is 1.09 bits per heavy atom. The molecule has 0 aromatic heterocycles. The van der Waals surface area contributed by atoms with E-state index in [4.69, 9.17) is 9.47 Å². The summed E-state index contributed by atoms with van der Waals surface area (Å²) < 4.78 is 11.0. The molecule has 0 radical (unpaired) electrons. The third-order valence-electron chi connectivity index (χ3n) is 7.12. The molecule has 2 N–H and O–H groups in total. The van der Waals surface area contributed by atoms with Crippen molar-refractivity contribution >= 4 is 18.0 Å². The number of hydrogen-bond donors (Lipinski definition) is 2. The minimum Gasteiger partial charge on any atom is -0.480 e. The second-order valence-corrected chi connectivity index (χ2v) is 9.35. The molecule has 5 rings (SSSR count). The maximum Gasteiger partial charge on any atom is 0.407 e. The van der Waals surface area contributed by atoms with Gasteiger partial charge >= 0.3 is 12.1 Å². The number of amides is 2. The zero-order chi connectivity index (χ0) is 23.9. The molecule has 0 bridgehead atoms. The van der Waals surface area contributed by atoms with Crippen molar-refractivity contribution in [2.75, 3.05) is 19.8 Å². The van der Waals surface area contributed by atoms with Crippen LogP contribution in [0.3, 0.4) is 0 Å². The maximum atomic E-state index is 13.0. The van der Waals surface area contributed by atoms with E-state index in [2.05, 4.69) is 29.6 Å². The van der Waals surface area contributed by atoms with Crippen LogP contribution in [-0.2, 0) is 19.1 Å². The van der Waals surface area contributed by atoms with Crippen molar-refractivity contribution in [3.05, 3.63) is 59.7 Å². The highest BCUT2D eigenvalue weighted by Crippen LogP contribution is 2.45. The first-order chi connectivity index (χ1) is 16.4. The molecule has 8 nitrogen and oxygen atoms in total. The molecule has 1 aliphatic heterocycles. The smallest absolute Gasteiger partial charge is 0.407 e. The van der Waals surface area contributed by atoms with Crippen LogP contribution in [0.15, 0.2) is 48.5 Å².